The quantitative estimate of drug-likeness (QED) is 0.514. The minimum Gasteiger partial charge on any atom is -0.249 e. The number of rotatable bonds is 1. The van der Waals surface area contributed by atoms with E-state index >= 15 is 0 Å². The van der Waals surface area contributed by atoms with E-state index < -0.39 is 0 Å². The average Bonchev–Trinajstić information content (AvgIpc) is 2.69. The number of halogens is 1. The maximum Gasteiger partial charge on any atom is 0.106 e. The first-order chi connectivity index (χ1) is 5.27. The maximum absolute atomic E-state index is 4.16. The summed E-state index contributed by atoms with van der Waals surface area (Å²) in [6.07, 6.45) is 3.16. The topological polar surface area (TPSA) is 12.9 Å². The monoisotopic (exact) mass is 210 g/mol. The minimum absolute atomic E-state index is 0.623. The van der Waals surface area contributed by atoms with Gasteiger partial charge in [-0.2, -0.15) is 0 Å². The Morgan fingerprint density at radius 1 is 1.55 bits per heavy atom. The second kappa shape index (κ2) is 2.52. The number of nitrogens with zero attached hydrogens (tertiary/aromatic N) is 1. The summed E-state index contributed by atoms with van der Waals surface area (Å²) in [5.74, 6) is 1.30. The molecule has 0 spiro atoms. The molecule has 1 nitrogen and oxygen atoms in total. The van der Waals surface area contributed by atoms with Crippen LogP contribution in [0.3, 0.4) is 0 Å². The van der Waals surface area contributed by atoms with Crippen LogP contribution in [-0.2, 0) is 0 Å². The van der Waals surface area contributed by atoms with Crippen molar-refractivity contribution in [1.82, 2.24) is 4.98 Å². The summed E-state index contributed by atoms with van der Waals surface area (Å²) in [5, 5.41) is 0. The fourth-order valence-electron chi connectivity index (χ4n) is 1.26. The van der Waals surface area contributed by atoms with Gasteiger partial charge in [-0.3, -0.25) is 0 Å². The third kappa shape index (κ3) is 1.41. The standard InChI is InChI=1S/C9H9BrN/c1-6-4-8(6)7-2-3-9(10)11-5-7/h2-3,5-6,8H,1,4H2/q+1/t6-,8-/m1/s1. The summed E-state index contributed by atoms with van der Waals surface area (Å²) in [4.78, 5) is 4.16. The highest BCUT2D eigenvalue weighted by Gasteiger charge is 2.40. The summed E-state index contributed by atoms with van der Waals surface area (Å²) in [6.45, 7) is 3.99. The summed E-state index contributed by atoms with van der Waals surface area (Å²) >= 11 is 3.30. The first-order valence-electron chi connectivity index (χ1n) is 3.72. The molecule has 0 bridgehead atoms. The Labute approximate surface area is 75.0 Å². The Kier molecular flexibility index (Phi) is 1.64. The van der Waals surface area contributed by atoms with Crippen molar-refractivity contribution >= 4 is 15.9 Å². The van der Waals surface area contributed by atoms with Crippen LogP contribution in [0.25, 0.3) is 0 Å². The van der Waals surface area contributed by atoms with Gasteiger partial charge in [0, 0.05) is 18.5 Å². The molecular formula is C9H9BrN+. The SMILES string of the molecule is [CH2+][C@@H]1C[C@H]1c1ccc(Br)nc1. The zero-order valence-corrected chi connectivity index (χ0v) is 7.71. The third-order valence-corrected chi connectivity index (χ3v) is 2.57. The molecule has 0 amide bonds. The van der Waals surface area contributed by atoms with E-state index in [4.69, 9.17) is 0 Å². The van der Waals surface area contributed by atoms with Crippen molar-refractivity contribution in [3.05, 3.63) is 35.4 Å². The molecule has 0 N–H and O–H groups in total. The predicted molar refractivity (Wildman–Crippen MR) is 48.1 cm³/mol. The highest BCUT2D eigenvalue weighted by molar-refractivity contribution is 9.10. The number of pyridine rings is 1. The summed E-state index contributed by atoms with van der Waals surface area (Å²) < 4.78 is 0.905. The summed E-state index contributed by atoms with van der Waals surface area (Å²) in [6, 6.07) is 4.10. The van der Waals surface area contributed by atoms with Gasteiger partial charge in [-0.25, -0.2) is 4.98 Å². The fourth-order valence-corrected chi connectivity index (χ4v) is 1.50. The molecule has 1 heterocycles. The highest BCUT2D eigenvalue weighted by Crippen LogP contribution is 2.46. The van der Waals surface area contributed by atoms with Crippen LogP contribution in [0.4, 0.5) is 0 Å². The van der Waals surface area contributed by atoms with Gasteiger partial charge in [0.15, 0.2) is 0 Å². The summed E-state index contributed by atoms with van der Waals surface area (Å²) in [7, 11) is 0. The normalized spacial score (nSPS) is 28.5. The Hall–Kier alpha value is -0.500. The van der Waals surface area contributed by atoms with Crippen LogP contribution in [0.2, 0.25) is 0 Å². The zero-order chi connectivity index (χ0) is 7.84. The van der Waals surface area contributed by atoms with Gasteiger partial charge in [0.25, 0.3) is 0 Å². The van der Waals surface area contributed by atoms with E-state index in [9.17, 15) is 0 Å². The molecule has 2 atom stereocenters. The van der Waals surface area contributed by atoms with Crippen LogP contribution in [-0.4, -0.2) is 4.98 Å². The van der Waals surface area contributed by atoms with Gasteiger partial charge in [0.1, 0.15) is 10.5 Å². The molecule has 1 fully saturated rings. The largest absolute Gasteiger partial charge is 0.249 e. The van der Waals surface area contributed by atoms with Crippen molar-refractivity contribution in [3.8, 4) is 0 Å². The molecule has 2 rings (SSSR count). The molecule has 1 aliphatic carbocycles. The smallest absolute Gasteiger partial charge is 0.106 e. The van der Waals surface area contributed by atoms with E-state index in [1.807, 2.05) is 12.3 Å². The Morgan fingerprint density at radius 2 is 2.27 bits per heavy atom. The Balaban J connectivity index is 2.21. The van der Waals surface area contributed by atoms with E-state index in [2.05, 4.69) is 33.9 Å². The molecule has 1 aliphatic rings. The van der Waals surface area contributed by atoms with E-state index in [1.165, 1.54) is 12.0 Å². The Bertz CT molecular complexity index is 255. The van der Waals surface area contributed by atoms with Gasteiger partial charge in [-0.1, -0.05) is 6.07 Å². The van der Waals surface area contributed by atoms with Crippen LogP contribution < -0.4 is 0 Å². The molecule has 56 valence electrons. The Morgan fingerprint density at radius 3 is 2.73 bits per heavy atom. The van der Waals surface area contributed by atoms with Gasteiger partial charge in [0.2, 0.25) is 0 Å². The molecule has 1 saturated carbocycles. The fraction of sp³-hybridized carbons (Fsp3) is 0.333. The van der Waals surface area contributed by atoms with Crippen molar-refractivity contribution in [1.29, 1.82) is 0 Å². The molecular weight excluding hydrogens is 202 g/mol. The van der Waals surface area contributed by atoms with Crippen molar-refractivity contribution < 1.29 is 0 Å². The number of hydrogen-bond donors (Lipinski definition) is 0. The van der Waals surface area contributed by atoms with Gasteiger partial charge < -0.3 is 0 Å². The first-order valence-corrected chi connectivity index (χ1v) is 4.51. The number of hydrogen-bond acceptors (Lipinski definition) is 1. The highest BCUT2D eigenvalue weighted by atomic mass is 79.9. The average molecular weight is 211 g/mol. The third-order valence-electron chi connectivity index (χ3n) is 2.10. The lowest BCUT2D eigenvalue weighted by molar-refractivity contribution is 0.992. The second-order valence-electron chi connectivity index (χ2n) is 3.02. The van der Waals surface area contributed by atoms with E-state index in [-0.39, 0.29) is 0 Å². The van der Waals surface area contributed by atoms with Gasteiger partial charge >= 0.3 is 0 Å². The van der Waals surface area contributed by atoms with Crippen LogP contribution in [0.15, 0.2) is 22.9 Å². The zero-order valence-electron chi connectivity index (χ0n) is 6.13. The number of aromatic nitrogens is 1. The van der Waals surface area contributed by atoms with E-state index in [0.29, 0.717) is 11.8 Å². The molecule has 1 aromatic rings. The van der Waals surface area contributed by atoms with Gasteiger partial charge in [-0.05, 0) is 27.6 Å². The van der Waals surface area contributed by atoms with Gasteiger partial charge in [-0.15, -0.1) is 0 Å². The predicted octanol–water partition coefficient (Wildman–Crippen LogP) is 2.78. The maximum atomic E-state index is 4.16. The lowest BCUT2D eigenvalue weighted by Crippen LogP contribution is -1.82. The molecule has 2 heteroatoms. The van der Waals surface area contributed by atoms with Crippen molar-refractivity contribution in [2.45, 2.75) is 12.3 Å². The van der Waals surface area contributed by atoms with E-state index in [1.54, 1.807) is 0 Å². The van der Waals surface area contributed by atoms with Crippen molar-refractivity contribution in [2.24, 2.45) is 5.92 Å². The molecule has 11 heavy (non-hydrogen) atoms. The molecule has 0 radical (unpaired) electrons. The summed E-state index contributed by atoms with van der Waals surface area (Å²) in [5.41, 5.74) is 1.33. The molecule has 0 aromatic carbocycles. The van der Waals surface area contributed by atoms with Crippen molar-refractivity contribution in [2.75, 3.05) is 0 Å². The van der Waals surface area contributed by atoms with E-state index in [0.717, 1.165) is 4.60 Å². The molecule has 0 unspecified atom stereocenters. The first kappa shape index (κ1) is 7.17. The van der Waals surface area contributed by atoms with Crippen LogP contribution in [0.1, 0.15) is 17.9 Å². The molecule has 1 aromatic heterocycles. The van der Waals surface area contributed by atoms with Crippen molar-refractivity contribution in [3.63, 3.8) is 0 Å². The minimum atomic E-state index is 0.623. The van der Waals surface area contributed by atoms with Gasteiger partial charge in [0.05, 0.1) is 6.92 Å². The van der Waals surface area contributed by atoms with Crippen LogP contribution in [0, 0.1) is 12.8 Å². The second-order valence-corrected chi connectivity index (χ2v) is 3.83. The van der Waals surface area contributed by atoms with Crippen LogP contribution >= 0.6 is 15.9 Å². The lowest BCUT2D eigenvalue weighted by Gasteiger charge is -1.94. The lowest BCUT2D eigenvalue weighted by atomic mass is 10.2. The van der Waals surface area contributed by atoms with Crippen LogP contribution in [0.5, 0.6) is 0 Å². The molecule has 0 aliphatic heterocycles. The molecule has 0 saturated heterocycles.